The lowest BCUT2D eigenvalue weighted by atomic mass is 10.1. The van der Waals surface area contributed by atoms with Gasteiger partial charge in [-0.1, -0.05) is 0 Å². The minimum atomic E-state index is -0.398. The number of rotatable bonds is 2. The molecular weight excluding hydrogens is 209 g/mol. The molecular formula is C11H12FN3O. The van der Waals surface area contributed by atoms with Gasteiger partial charge in [0.15, 0.2) is 11.6 Å². The van der Waals surface area contributed by atoms with Gasteiger partial charge in [0.05, 0.1) is 12.8 Å². The third kappa shape index (κ3) is 1.71. The average molecular weight is 221 g/mol. The first-order chi connectivity index (χ1) is 7.61. The van der Waals surface area contributed by atoms with Gasteiger partial charge >= 0.3 is 0 Å². The van der Waals surface area contributed by atoms with Crippen LogP contribution in [-0.4, -0.2) is 17.3 Å². The van der Waals surface area contributed by atoms with Gasteiger partial charge in [0.1, 0.15) is 5.82 Å². The Morgan fingerprint density at radius 1 is 1.38 bits per heavy atom. The number of benzene rings is 1. The summed E-state index contributed by atoms with van der Waals surface area (Å²) < 4.78 is 18.6. The average Bonchev–Trinajstić information content (AvgIpc) is 2.63. The number of nitrogens with two attached hydrogens (primary N) is 1. The van der Waals surface area contributed by atoms with Crippen molar-refractivity contribution in [3.63, 3.8) is 0 Å². The van der Waals surface area contributed by atoms with E-state index in [1.54, 1.807) is 6.07 Å². The molecule has 5 heteroatoms. The minimum Gasteiger partial charge on any atom is -0.493 e. The van der Waals surface area contributed by atoms with Crippen LogP contribution in [0.1, 0.15) is 5.56 Å². The van der Waals surface area contributed by atoms with Crippen molar-refractivity contribution in [3.8, 4) is 17.0 Å². The highest BCUT2D eigenvalue weighted by atomic mass is 19.1. The first kappa shape index (κ1) is 10.5. The Balaban J connectivity index is 2.63. The van der Waals surface area contributed by atoms with Crippen LogP contribution in [0.4, 0.5) is 10.2 Å². The predicted molar refractivity (Wildman–Crippen MR) is 59.7 cm³/mol. The van der Waals surface area contributed by atoms with Gasteiger partial charge in [0.25, 0.3) is 0 Å². The fraction of sp³-hybridized carbons (Fsp3) is 0.182. The van der Waals surface area contributed by atoms with Gasteiger partial charge in [-0.05, 0) is 24.6 Å². The number of nitrogens with zero attached hydrogens (tertiary/aromatic N) is 1. The molecule has 0 saturated carbocycles. The third-order valence-electron chi connectivity index (χ3n) is 2.28. The molecule has 0 unspecified atom stereocenters. The van der Waals surface area contributed by atoms with Crippen molar-refractivity contribution in [3.05, 3.63) is 29.6 Å². The Bertz CT molecular complexity index is 522. The van der Waals surface area contributed by atoms with Crippen molar-refractivity contribution in [2.75, 3.05) is 12.8 Å². The number of aromatic amines is 1. The SMILES string of the molecule is COc1c(F)cc(C)cc1-c1cc(N)n[nH]1. The largest absolute Gasteiger partial charge is 0.493 e. The molecule has 4 nitrogen and oxygen atoms in total. The molecule has 0 spiro atoms. The molecule has 1 heterocycles. The van der Waals surface area contributed by atoms with E-state index in [2.05, 4.69) is 10.2 Å². The number of hydrogen-bond acceptors (Lipinski definition) is 3. The van der Waals surface area contributed by atoms with Gasteiger partial charge in [-0.2, -0.15) is 5.10 Å². The summed E-state index contributed by atoms with van der Waals surface area (Å²) in [6, 6.07) is 4.87. The second-order valence-electron chi connectivity index (χ2n) is 3.53. The molecule has 0 fully saturated rings. The molecule has 0 amide bonds. The molecule has 0 bridgehead atoms. The molecule has 0 aliphatic carbocycles. The summed E-state index contributed by atoms with van der Waals surface area (Å²) in [5, 5.41) is 6.53. The topological polar surface area (TPSA) is 63.9 Å². The molecule has 3 N–H and O–H groups in total. The molecule has 0 atom stereocenters. The fourth-order valence-corrected chi connectivity index (χ4v) is 1.61. The zero-order valence-electron chi connectivity index (χ0n) is 9.04. The van der Waals surface area contributed by atoms with Crippen molar-refractivity contribution in [1.29, 1.82) is 0 Å². The molecule has 16 heavy (non-hydrogen) atoms. The van der Waals surface area contributed by atoms with E-state index in [0.717, 1.165) is 5.56 Å². The zero-order chi connectivity index (χ0) is 11.7. The van der Waals surface area contributed by atoms with Crippen LogP contribution in [0.2, 0.25) is 0 Å². The number of ether oxygens (including phenoxy) is 1. The molecule has 0 radical (unpaired) electrons. The van der Waals surface area contributed by atoms with Gasteiger partial charge in [-0.15, -0.1) is 0 Å². The van der Waals surface area contributed by atoms with Crippen LogP contribution in [-0.2, 0) is 0 Å². The highest BCUT2D eigenvalue weighted by Crippen LogP contribution is 2.32. The Labute approximate surface area is 92.2 Å². The van der Waals surface area contributed by atoms with Crippen LogP contribution in [0, 0.1) is 12.7 Å². The summed E-state index contributed by atoms with van der Waals surface area (Å²) in [6.07, 6.45) is 0. The van der Waals surface area contributed by atoms with Crippen LogP contribution in [0.3, 0.4) is 0 Å². The zero-order valence-corrected chi connectivity index (χ0v) is 9.04. The molecule has 0 aliphatic rings. The predicted octanol–water partition coefficient (Wildman–Crippen LogP) is 2.12. The maximum Gasteiger partial charge on any atom is 0.166 e. The quantitative estimate of drug-likeness (QED) is 0.816. The first-order valence-electron chi connectivity index (χ1n) is 4.77. The van der Waals surface area contributed by atoms with Crippen LogP contribution in [0.15, 0.2) is 18.2 Å². The fourth-order valence-electron chi connectivity index (χ4n) is 1.61. The highest BCUT2D eigenvalue weighted by molar-refractivity contribution is 5.70. The second-order valence-corrected chi connectivity index (χ2v) is 3.53. The lowest BCUT2D eigenvalue weighted by molar-refractivity contribution is 0.388. The molecule has 1 aromatic carbocycles. The molecule has 0 saturated heterocycles. The Kier molecular flexibility index (Phi) is 2.52. The van der Waals surface area contributed by atoms with Gasteiger partial charge in [0.2, 0.25) is 0 Å². The van der Waals surface area contributed by atoms with Crippen molar-refractivity contribution in [2.45, 2.75) is 6.92 Å². The number of nitrogens with one attached hydrogen (secondary N) is 1. The summed E-state index contributed by atoms with van der Waals surface area (Å²) in [4.78, 5) is 0. The van der Waals surface area contributed by atoms with Crippen LogP contribution in [0.25, 0.3) is 11.3 Å². The van der Waals surface area contributed by atoms with Crippen molar-refractivity contribution in [2.24, 2.45) is 0 Å². The number of hydrogen-bond donors (Lipinski definition) is 2. The molecule has 1 aromatic heterocycles. The normalized spacial score (nSPS) is 10.4. The summed E-state index contributed by atoms with van der Waals surface area (Å²) in [7, 11) is 1.43. The summed E-state index contributed by atoms with van der Waals surface area (Å²) in [5.41, 5.74) is 7.56. The summed E-state index contributed by atoms with van der Waals surface area (Å²) in [6.45, 7) is 1.81. The van der Waals surface area contributed by atoms with Gasteiger partial charge in [0, 0.05) is 11.6 Å². The molecule has 0 aliphatic heterocycles. The van der Waals surface area contributed by atoms with E-state index in [1.807, 2.05) is 13.0 Å². The minimum absolute atomic E-state index is 0.189. The van der Waals surface area contributed by atoms with E-state index in [4.69, 9.17) is 10.5 Å². The van der Waals surface area contributed by atoms with E-state index in [0.29, 0.717) is 17.1 Å². The van der Waals surface area contributed by atoms with E-state index >= 15 is 0 Å². The highest BCUT2D eigenvalue weighted by Gasteiger charge is 2.13. The summed E-state index contributed by atoms with van der Waals surface area (Å²) >= 11 is 0. The number of nitrogen functional groups attached to an aromatic ring is 1. The van der Waals surface area contributed by atoms with Crippen LogP contribution in [0.5, 0.6) is 5.75 Å². The van der Waals surface area contributed by atoms with Crippen molar-refractivity contribution in [1.82, 2.24) is 10.2 Å². The second kappa shape index (κ2) is 3.84. The van der Waals surface area contributed by atoms with Crippen molar-refractivity contribution < 1.29 is 9.13 Å². The third-order valence-corrected chi connectivity index (χ3v) is 2.28. The van der Waals surface area contributed by atoms with Crippen LogP contribution >= 0.6 is 0 Å². The van der Waals surface area contributed by atoms with Crippen molar-refractivity contribution >= 4 is 5.82 Å². The standard InChI is InChI=1S/C11H12FN3O/c1-6-3-7(9-5-10(13)15-14-9)11(16-2)8(12)4-6/h3-5H,1-2H3,(H3,13,14,15). The number of aromatic nitrogens is 2. The smallest absolute Gasteiger partial charge is 0.166 e. The number of anilines is 1. The van der Waals surface area contributed by atoms with E-state index in [9.17, 15) is 4.39 Å². The Morgan fingerprint density at radius 2 is 2.12 bits per heavy atom. The molecule has 84 valence electrons. The number of methoxy groups -OCH3 is 1. The van der Waals surface area contributed by atoms with Gasteiger partial charge < -0.3 is 10.5 Å². The number of H-pyrrole nitrogens is 1. The first-order valence-corrected chi connectivity index (χ1v) is 4.77. The van der Waals surface area contributed by atoms with Gasteiger partial charge in [-0.3, -0.25) is 5.10 Å². The lowest BCUT2D eigenvalue weighted by Gasteiger charge is -2.08. The maximum atomic E-state index is 13.6. The van der Waals surface area contributed by atoms with Gasteiger partial charge in [-0.25, -0.2) is 4.39 Å². The van der Waals surface area contributed by atoms with E-state index in [1.165, 1.54) is 13.2 Å². The Hall–Kier alpha value is -2.04. The lowest BCUT2D eigenvalue weighted by Crippen LogP contribution is -1.93. The number of aryl methyl sites for hydroxylation is 1. The summed E-state index contributed by atoms with van der Waals surface area (Å²) in [5.74, 6) is 0.152. The molecule has 2 rings (SSSR count). The van der Waals surface area contributed by atoms with Crippen LogP contribution < -0.4 is 10.5 Å². The van der Waals surface area contributed by atoms with E-state index in [-0.39, 0.29) is 5.75 Å². The number of halogens is 1. The monoisotopic (exact) mass is 221 g/mol. The van der Waals surface area contributed by atoms with E-state index < -0.39 is 5.82 Å². The Morgan fingerprint density at radius 3 is 2.69 bits per heavy atom. The molecule has 2 aromatic rings. The maximum absolute atomic E-state index is 13.6.